The molecule has 0 bridgehead atoms. The molecule has 0 saturated heterocycles. The Labute approximate surface area is 123 Å². The van der Waals surface area contributed by atoms with Crippen molar-refractivity contribution in [3.63, 3.8) is 0 Å². The molecule has 3 rings (SSSR count). The first kappa shape index (κ1) is 14.2. The van der Waals surface area contributed by atoms with Gasteiger partial charge in [0.05, 0.1) is 26.1 Å². The molecule has 2 N–H and O–H groups in total. The molecule has 7 nitrogen and oxygen atoms in total. The van der Waals surface area contributed by atoms with E-state index >= 15 is 0 Å². The monoisotopic (exact) mass is 291 g/mol. The molecule has 21 heavy (non-hydrogen) atoms. The van der Waals surface area contributed by atoms with E-state index in [1.807, 2.05) is 6.33 Å². The summed E-state index contributed by atoms with van der Waals surface area (Å²) in [5.74, 6) is 0.740. The lowest BCUT2D eigenvalue weighted by atomic mass is 10.2. The van der Waals surface area contributed by atoms with E-state index in [4.69, 9.17) is 9.84 Å². The molecule has 0 amide bonds. The number of hydrogen-bond acceptors (Lipinski definition) is 6. The minimum atomic E-state index is 0.0452. The van der Waals surface area contributed by atoms with Gasteiger partial charge in [-0.15, -0.1) is 0 Å². The lowest BCUT2D eigenvalue weighted by Crippen LogP contribution is -2.12. The number of hydrogen-bond donors (Lipinski definition) is 2. The van der Waals surface area contributed by atoms with Crippen molar-refractivity contribution in [1.29, 1.82) is 0 Å². The number of fused-ring (bicyclic) bond motifs is 1. The topological polar surface area (TPSA) is 85.1 Å². The highest BCUT2D eigenvalue weighted by molar-refractivity contribution is 5.82. The zero-order valence-electron chi connectivity index (χ0n) is 12.0. The second-order valence-corrected chi connectivity index (χ2v) is 5.25. The van der Waals surface area contributed by atoms with Gasteiger partial charge in [-0.3, -0.25) is 0 Å². The van der Waals surface area contributed by atoms with Crippen LogP contribution < -0.4 is 5.32 Å². The van der Waals surface area contributed by atoms with Gasteiger partial charge in [0.15, 0.2) is 11.5 Å². The molecule has 1 saturated carbocycles. The zero-order valence-corrected chi connectivity index (χ0v) is 12.0. The van der Waals surface area contributed by atoms with Crippen LogP contribution in [0.4, 0.5) is 5.82 Å². The van der Waals surface area contributed by atoms with Crippen molar-refractivity contribution in [1.82, 2.24) is 19.5 Å². The van der Waals surface area contributed by atoms with Gasteiger partial charge in [-0.1, -0.05) is 12.8 Å². The van der Waals surface area contributed by atoms with Crippen molar-refractivity contribution in [3.8, 4) is 0 Å². The quantitative estimate of drug-likeness (QED) is 0.749. The van der Waals surface area contributed by atoms with Crippen LogP contribution in [0.5, 0.6) is 0 Å². The summed E-state index contributed by atoms with van der Waals surface area (Å²) < 4.78 is 7.40. The minimum Gasteiger partial charge on any atom is -0.394 e. The maximum Gasteiger partial charge on any atom is 0.165 e. The highest BCUT2D eigenvalue weighted by atomic mass is 16.5. The van der Waals surface area contributed by atoms with E-state index < -0.39 is 0 Å². The summed E-state index contributed by atoms with van der Waals surface area (Å²) >= 11 is 0. The van der Waals surface area contributed by atoms with Gasteiger partial charge in [0, 0.05) is 12.6 Å². The number of ether oxygens (including phenoxy) is 1. The Morgan fingerprint density at radius 2 is 2.10 bits per heavy atom. The molecule has 2 aromatic rings. The Bertz CT molecular complexity index is 580. The molecule has 1 aliphatic rings. The van der Waals surface area contributed by atoms with Crippen LogP contribution in [0.15, 0.2) is 12.7 Å². The van der Waals surface area contributed by atoms with E-state index in [0.717, 1.165) is 17.0 Å². The van der Waals surface area contributed by atoms with Crippen molar-refractivity contribution in [2.75, 3.05) is 31.7 Å². The number of aliphatic hydroxyl groups excluding tert-OH is 1. The number of nitrogens with one attached hydrogen (secondary N) is 1. The largest absolute Gasteiger partial charge is 0.394 e. The van der Waals surface area contributed by atoms with Crippen LogP contribution in [-0.2, 0) is 4.74 Å². The van der Waals surface area contributed by atoms with Gasteiger partial charge in [-0.2, -0.15) is 0 Å². The molecular weight excluding hydrogens is 270 g/mol. The lowest BCUT2D eigenvalue weighted by molar-refractivity contribution is 0.0992. The van der Waals surface area contributed by atoms with Gasteiger partial charge < -0.3 is 19.7 Å². The van der Waals surface area contributed by atoms with E-state index in [9.17, 15) is 0 Å². The lowest BCUT2D eigenvalue weighted by Gasteiger charge is -2.11. The van der Waals surface area contributed by atoms with Gasteiger partial charge in [0.2, 0.25) is 0 Å². The molecule has 0 aromatic carbocycles. The average molecular weight is 291 g/mol. The normalized spacial score (nSPS) is 15.9. The molecule has 0 radical (unpaired) electrons. The van der Waals surface area contributed by atoms with Crippen LogP contribution >= 0.6 is 0 Å². The van der Waals surface area contributed by atoms with E-state index in [1.165, 1.54) is 25.7 Å². The Hall–Kier alpha value is -1.73. The summed E-state index contributed by atoms with van der Waals surface area (Å²) in [6.07, 6.45) is 8.42. The number of rotatable bonds is 7. The SMILES string of the molecule is OCCOCCNc1ncnc2c1ncn2C1CCCC1. The van der Waals surface area contributed by atoms with Crippen molar-refractivity contribution >= 4 is 17.0 Å². The fraction of sp³-hybridized carbons (Fsp3) is 0.643. The number of aromatic nitrogens is 4. The molecule has 2 heterocycles. The van der Waals surface area contributed by atoms with Crippen molar-refractivity contribution in [3.05, 3.63) is 12.7 Å². The smallest absolute Gasteiger partial charge is 0.165 e. The third-order valence-electron chi connectivity index (χ3n) is 3.85. The first-order valence-electron chi connectivity index (χ1n) is 7.50. The van der Waals surface area contributed by atoms with Crippen LogP contribution in [0.1, 0.15) is 31.7 Å². The zero-order chi connectivity index (χ0) is 14.5. The predicted octanol–water partition coefficient (Wildman–Crippen LogP) is 1.36. The van der Waals surface area contributed by atoms with Gasteiger partial charge in [0.1, 0.15) is 11.8 Å². The molecule has 1 aliphatic carbocycles. The summed E-state index contributed by atoms with van der Waals surface area (Å²) in [6, 6.07) is 0.519. The minimum absolute atomic E-state index is 0.0452. The summed E-state index contributed by atoms with van der Waals surface area (Å²) in [6.45, 7) is 1.55. The Morgan fingerprint density at radius 3 is 2.90 bits per heavy atom. The molecule has 1 fully saturated rings. The van der Waals surface area contributed by atoms with E-state index in [-0.39, 0.29) is 6.61 Å². The number of imidazole rings is 1. The third kappa shape index (κ3) is 3.14. The first-order valence-corrected chi connectivity index (χ1v) is 7.50. The second-order valence-electron chi connectivity index (χ2n) is 5.25. The highest BCUT2D eigenvalue weighted by Crippen LogP contribution is 2.32. The van der Waals surface area contributed by atoms with E-state index in [1.54, 1.807) is 6.33 Å². The fourth-order valence-electron chi connectivity index (χ4n) is 2.84. The highest BCUT2D eigenvalue weighted by Gasteiger charge is 2.20. The standard InChI is InChI=1S/C14H21N5O2/c20-6-8-21-7-5-15-13-12-14(17-9-16-13)19(10-18-12)11-3-1-2-4-11/h9-11,20H,1-8H2,(H,15,16,17). The van der Waals surface area contributed by atoms with Crippen LogP contribution in [0.2, 0.25) is 0 Å². The van der Waals surface area contributed by atoms with E-state index in [2.05, 4.69) is 24.8 Å². The fourth-order valence-corrected chi connectivity index (χ4v) is 2.84. The van der Waals surface area contributed by atoms with Crippen molar-refractivity contribution in [2.45, 2.75) is 31.7 Å². The Kier molecular flexibility index (Phi) is 4.62. The summed E-state index contributed by atoms with van der Waals surface area (Å²) in [7, 11) is 0. The Balaban J connectivity index is 1.71. The molecule has 0 atom stereocenters. The summed E-state index contributed by atoms with van der Waals surface area (Å²) in [5, 5.41) is 11.9. The van der Waals surface area contributed by atoms with Crippen molar-refractivity contribution in [2.24, 2.45) is 0 Å². The summed E-state index contributed by atoms with van der Waals surface area (Å²) in [4.78, 5) is 13.1. The van der Waals surface area contributed by atoms with Crippen LogP contribution in [0.25, 0.3) is 11.2 Å². The molecule has 0 unspecified atom stereocenters. The molecule has 7 heteroatoms. The molecule has 0 aliphatic heterocycles. The number of aliphatic hydroxyl groups is 1. The Morgan fingerprint density at radius 1 is 1.24 bits per heavy atom. The third-order valence-corrected chi connectivity index (χ3v) is 3.85. The number of anilines is 1. The molecule has 0 spiro atoms. The average Bonchev–Trinajstić information content (AvgIpc) is 3.16. The maximum absolute atomic E-state index is 8.65. The molecule has 2 aromatic heterocycles. The maximum atomic E-state index is 8.65. The van der Waals surface area contributed by atoms with E-state index in [0.29, 0.717) is 25.8 Å². The van der Waals surface area contributed by atoms with Gasteiger partial charge in [0.25, 0.3) is 0 Å². The van der Waals surface area contributed by atoms with Gasteiger partial charge in [-0.05, 0) is 12.8 Å². The van der Waals surface area contributed by atoms with Gasteiger partial charge in [-0.25, -0.2) is 15.0 Å². The van der Waals surface area contributed by atoms with Crippen LogP contribution in [-0.4, -0.2) is 51.0 Å². The molecular formula is C14H21N5O2. The molecule has 114 valence electrons. The van der Waals surface area contributed by atoms with Crippen molar-refractivity contribution < 1.29 is 9.84 Å². The predicted molar refractivity (Wildman–Crippen MR) is 79.2 cm³/mol. The van der Waals surface area contributed by atoms with Gasteiger partial charge >= 0.3 is 0 Å². The van der Waals surface area contributed by atoms with Crippen LogP contribution in [0.3, 0.4) is 0 Å². The van der Waals surface area contributed by atoms with Crippen LogP contribution in [0, 0.1) is 0 Å². The first-order chi connectivity index (χ1) is 10.4. The summed E-state index contributed by atoms with van der Waals surface area (Å²) in [5.41, 5.74) is 1.71. The number of nitrogens with zero attached hydrogens (tertiary/aromatic N) is 4. The second kappa shape index (κ2) is 6.82.